The van der Waals surface area contributed by atoms with Gasteiger partial charge in [0.2, 0.25) is 0 Å². The van der Waals surface area contributed by atoms with Gasteiger partial charge in [0.25, 0.3) is 0 Å². The summed E-state index contributed by atoms with van der Waals surface area (Å²) in [7, 11) is -4.45. The number of fused-ring (bicyclic) bond motifs is 5. The van der Waals surface area contributed by atoms with Crippen LogP contribution in [0.5, 0.6) is 0 Å². The van der Waals surface area contributed by atoms with E-state index in [0.29, 0.717) is 30.0 Å². The van der Waals surface area contributed by atoms with E-state index in [1.165, 1.54) is 5.57 Å². The van der Waals surface area contributed by atoms with E-state index in [4.69, 9.17) is 14.3 Å². The second-order valence-corrected chi connectivity index (χ2v) is 10.3. The monoisotopic (exact) mass is 368 g/mol. The van der Waals surface area contributed by atoms with Crippen LogP contribution < -0.4 is 0 Å². The van der Waals surface area contributed by atoms with Gasteiger partial charge in [0.1, 0.15) is 5.78 Å². The zero-order valence-electron chi connectivity index (χ0n) is 15.1. The zero-order chi connectivity index (χ0) is 18.0. The normalized spacial score (nSPS) is 46.9. The molecule has 0 aromatic heterocycles. The lowest BCUT2D eigenvalue weighted by atomic mass is 9.47. The first-order chi connectivity index (χ1) is 11.6. The molecular formula is C19H29O5P. The van der Waals surface area contributed by atoms with Crippen LogP contribution in [0.2, 0.25) is 0 Å². The molecule has 4 unspecified atom stereocenters. The summed E-state index contributed by atoms with van der Waals surface area (Å²) >= 11 is 0. The quantitative estimate of drug-likeness (QED) is 0.569. The molecule has 0 saturated heterocycles. The molecule has 0 aromatic rings. The molecule has 0 heterocycles. The lowest BCUT2D eigenvalue weighted by Gasteiger charge is -2.57. The predicted molar refractivity (Wildman–Crippen MR) is 93.6 cm³/mol. The molecule has 0 amide bonds. The van der Waals surface area contributed by atoms with Crippen molar-refractivity contribution in [1.82, 2.24) is 0 Å². The van der Waals surface area contributed by atoms with Crippen LogP contribution in [0, 0.1) is 28.6 Å². The largest absolute Gasteiger partial charge is 0.470 e. The molecule has 4 aliphatic rings. The minimum atomic E-state index is -4.45. The number of carbonyl (C=O) groups excluding carboxylic acids is 1. The molecular weight excluding hydrogens is 339 g/mol. The third-order valence-corrected chi connectivity index (χ3v) is 8.60. The predicted octanol–water partition coefficient (Wildman–Crippen LogP) is 4.00. The van der Waals surface area contributed by atoms with Gasteiger partial charge in [-0.1, -0.05) is 25.5 Å². The SMILES string of the molecule is C[C@]12CCC(OP(=O)(O)O)C=C1CCC1C2CC[C@]2(C)C(=O)CCC12. The van der Waals surface area contributed by atoms with Crippen molar-refractivity contribution < 1.29 is 23.7 Å². The Labute approximate surface area is 149 Å². The van der Waals surface area contributed by atoms with Crippen molar-refractivity contribution in [3.05, 3.63) is 11.6 Å². The van der Waals surface area contributed by atoms with Gasteiger partial charge >= 0.3 is 7.82 Å². The number of phosphoric acid groups is 1. The first-order valence-electron chi connectivity index (χ1n) is 9.62. The molecule has 2 N–H and O–H groups in total. The summed E-state index contributed by atoms with van der Waals surface area (Å²) < 4.78 is 16.1. The Hall–Kier alpha value is -0.480. The molecule has 0 spiro atoms. The highest BCUT2D eigenvalue weighted by atomic mass is 31.2. The molecule has 25 heavy (non-hydrogen) atoms. The van der Waals surface area contributed by atoms with Crippen molar-refractivity contribution in [2.75, 3.05) is 0 Å². The Bertz CT molecular complexity index is 667. The number of rotatable bonds is 2. The summed E-state index contributed by atoms with van der Waals surface area (Å²) in [6.45, 7) is 4.53. The van der Waals surface area contributed by atoms with Gasteiger partial charge in [-0.05, 0) is 68.1 Å². The van der Waals surface area contributed by atoms with Crippen LogP contribution in [0.4, 0.5) is 0 Å². The summed E-state index contributed by atoms with van der Waals surface area (Å²) in [6.07, 6.45) is 9.08. The Morgan fingerprint density at radius 1 is 1.04 bits per heavy atom. The molecule has 0 aromatic carbocycles. The van der Waals surface area contributed by atoms with Crippen molar-refractivity contribution in [2.45, 2.75) is 71.3 Å². The van der Waals surface area contributed by atoms with E-state index >= 15 is 0 Å². The summed E-state index contributed by atoms with van der Waals surface area (Å²) in [5, 5.41) is 0. The molecule has 0 radical (unpaired) electrons. The van der Waals surface area contributed by atoms with E-state index in [9.17, 15) is 9.36 Å². The number of hydrogen-bond acceptors (Lipinski definition) is 3. The molecule has 6 atom stereocenters. The average molecular weight is 368 g/mol. The molecule has 4 aliphatic carbocycles. The Morgan fingerprint density at radius 3 is 2.44 bits per heavy atom. The van der Waals surface area contributed by atoms with Gasteiger partial charge < -0.3 is 9.79 Å². The van der Waals surface area contributed by atoms with Gasteiger partial charge in [0.15, 0.2) is 0 Å². The number of carbonyl (C=O) groups is 1. The lowest BCUT2D eigenvalue weighted by Crippen LogP contribution is -2.50. The van der Waals surface area contributed by atoms with Crippen molar-refractivity contribution in [3.8, 4) is 0 Å². The third kappa shape index (κ3) is 2.79. The average Bonchev–Trinajstić information content (AvgIpc) is 2.82. The summed E-state index contributed by atoms with van der Waals surface area (Å²) in [4.78, 5) is 30.6. The number of ketones is 1. The van der Waals surface area contributed by atoms with E-state index in [-0.39, 0.29) is 10.8 Å². The minimum absolute atomic E-state index is 0.0977. The van der Waals surface area contributed by atoms with Gasteiger partial charge in [0, 0.05) is 11.8 Å². The maximum Gasteiger partial charge on any atom is 0.470 e. The standard InChI is InChI=1S/C19H29O5P/c1-18-9-7-13(24-25(21,22)23)11-12(18)3-4-14-15-5-6-17(20)19(15,2)10-8-16(14)18/h11,13-16H,3-10H2,1-2H3,(H2,21,22,23)/t13?,14?,15?,16?,18-,19-/m0/s1. The van der Waals surface area contributed by atoms with Crippen LogP contribution in [0.25, 0.3) is 0 Å². The summed E-state index contributed by atoms with van der Waals surface area (Å²) in [5.41, 5.74) is 1.33. The maximum atomic E-state index is 12.4. The van der Waals surface area contributed by atoms with E-state index in [2.05, 4.69) is 13.8 Å². The Balaban J connectivity index is 1.60. The highest BCUT2D eigenvalue weighted by Crippen LogP contribution is 2.64. The van der Waals surface area contributed by atoms with Crippen LogP contribution in [-0.2, 0) is 13.9 Å². The fraction of sp³-hybridized carbons (Fsp3) is 0.842. The van der Waals surface area contributed by atoms with Crippen molar-refractivity contribution in [2.24, 2.45) is 28.6 Å². The highest BCUT2D eigenvalue weighted by Gasteiger charge is 2.58. The molecule has 0 bridgehead atoms. The molecule has 3 saturated carbocycles. The Kier molecular flexibility index (Phi) is 4.12. The van der Waals surface area contributed by atoms with Crippen LogP contribution in [0.3, 0.4) is 0 Å². The van der Waals surface area contributed by atoms with Gasteiger partial charge in [0.05, 0.1) is 6.10 Å². The van der Waals surface area contributed by atoms with Crippen LogP contribution in [-0.4, -0.2) is 21.7 Å². The first kappa shape index (κ1) is 17.9. The van der Waals surface area contributed by atoms with Gasteiger partial charge in [-0.2, -0.15) is 0 Å². The molecule has 4 rings (SSSR count). The Morgan fingerprint density at radius 2 is 1.72 bits per heavy atom. The van der Waals surface area contributed by atoms with Gasteiger partial charge in [-0.3, -0.25) is 9.32 Å². The number of Topliss-reactive ketones (excluding diaryl/α,β-unsaturated/α-hetero) is 1. The van der Waals surface area contributed by atoms with Crippen LogP contribution in [0.15, 0.2) is 11.6 Å². The molecule has 0 aliphatic heterocycles. The fourth-order valence-corrected chi connectivity index (χ4v) is 7.25. The van der Waals surface area contributed by atoms with E-state index in [0.717, 1.165) is 44.9 Å². The second kappa shape index (κ2) is 5.76. The van der Waals surface area contributed by atoms with Crippen molar-refractivity contribution in [3.63, 3.8) is 0 Å². The topological polar surface area (TPSA) is 83.8 Å². The third-order valence-electron chi connectivity index (χ3n) is 8.05. The highest BCUT2D eigenvalue weighted by molar-refractivity contribution is 7.46. The number of phosphoric ester groups is 1. The van der Waals surface area contributed by atoms with E-state index < -0.39 is 13.9 Å². The van der Waals surface area contributed by atoms with E-state index in [1.54, 1.807) is 0 Å². The fourth-order valence-electron chi connectivity index (χ4n) is 6.73. The van der Waals surface area contributed by atoms with Crippen molar-refractivity contribution in [1.29, 1.82) is 0 Å². The van der Waals surface area contributed by atoms with Gasteiger partial charge in [-0.25, -0.2) is 4.57 Å². The molecule has 6 heteroatoms. The molecule has 5 nitrogen and oxygen atoms in total. The van der Waals surface area contributed by atoms with Crippen LogP contribution in [0.1, 0.15) is 65.2 Å². The maximum absolute atomic E-state index is 12.4. The van der Waals surface area contributed by atoms with Crippen LogP contribution >= 0.6 is 7.82 Å². The molecule has 140 valence electrons. The van der Waals surface area contributed by atoms with Gasteiger partial charge in [-0.15, -0.1) is 0 Å². The number of hydrogen-bond donors (Lipinski definition) is 2. The lowest BCUT2D eigenvalue weighted by molar-refractivity contribution is -0.132. The zero-order valence-corrected chi connectivity index (χ0v) is 16.0. The minimum Gasteiger partial charge on any atom is -0.303 e. The second-order valence-electron chi connectivity index (χ2n) is 9.12. The smallest absolute Gasteiger partial charge is 0.303 e. The van der Waals surface area contributed by atoms with Crippen molar-refractivity contribution >= 4 is 13.6 Å². The summed E-state index contributed by atoms with van der Waals surface area (Å²) in [5.74, 6) is 2.21. The van der Waals surface area contributed by atoms with E-state index in [1.807, 2.05) is 6.08 Å². The number of allylic oxidation sites excluding steroid dienone is 1. The first-order valence-corrected chi connectivity index (χ1v) is 11.1. The molecule has 3 fully saturated rings. The summed E-state index contributed by atoms with van der Waals surface area (Å²) in [6, 6.07) is 0.